The van der Waals surface area contributed by atoms with Crippen LogP contribution in [0.3, 0.4) is 0 Å². The van der Waals surface area contributed by atoms with Crippen LogP contribution in [0, 0.1) is 0 Å². The molecule has 1 saturated heterocycles. The third-order valence-electron chi connectivity index (χ3n) is 5.34. The molecular formula is C21H28N2O3. The summed E-state index contributed by atoms with van der Waals surface area (Å²) in [5, 5.41) is 11.4. The number of hydrogen-bond acceptors (Lipinski definition) is 4. The van der Waals surface area contributed by atoms with E-state index in [-0.39, 0.29) is 6.54 Å². The average molecular weight is 356 g/mol. The molecule has 5 heteroatoms. The van der Waals surface area contributed by atoms with Gasteiger partial charge in [0.05, 0.1) is 13.7 Å². The number of ether oxygens (including phenoxy) is 1. The third kappa shape index (κ3) is 4.54. The number of fused-ring (bicyclic) bond motifs is 1. The van der Waals surface area contributed by atoms with E-state index in [1.165, 1.54) is 16.3 Å². The van der Waals surface area contributed by atoms with E-state index < -0.39 is 5.97 Å². The van der Waals surface area contributed by atoms with Crippen molar-refractivity contribution >= 4 is 16.7 Å². The molecule has 3 rings (SSSR count). The number of carboxylic acids is 1. The summed E-state index contributed by atoms with van der Waals surface area (Å²) in [7, 11) is 3.65. The van der Waals surface area contributed by atoms with Crippen molar-refractivity contribution in [3.63, 3.8) is 0 Å². The number of likely N-dealkylation sites (N-methyl/N-ethyl adjacent to an activating group) is 1. The number of aliphatic carboxylic acids is 1. The molecule has 5 nitrogen and oxygen atoms in total. The average Bonchev–Trinajstić information content (AvgIpc) is 2.86. The standard InChI is InChI=1S/C21H28N2O3/c1-22(15-21(24)25)19-8-5-10-23(11-9-19)14-18-12-16-6-3-4-7-17(16)13-20(18)26-2/h3-4,6-7,12-13,19H,5,8-11,14-15H2,1-2H3,(H,24,25). The van der Waals surface area contributed by atoms with E-state index in [1.54, 1.807) is 7.11 Å². The predicted molar refractivity (Wildman–Crippen MR) is 104 cm³/mol. The molecule has 1 aliphatic heterocycles. The Morgan fingerprint density at radius 3 is 2.65 bits per heavy atom. The molecule has 0 amide bonds. The highest BCUT2D eigenvalue weighted by atomic mass is 16.5. The van der Waals surface area contributed by atoms with E-state index in [1.807, 2.05) is 18.0 Å². The van der Waals surface area contributed by atoms with E-state index in [4.69, 9.17) is 9.84 Å². The minimum Gasteiger partial charge on any atom is -0.496 e. The van der Waals surface area contributed by atoms with Gasteiger partial charge in [-0.1, -0.05) is 24.3 Å². The van der Waals surface area contributed by atoms with E-state index in [0.717, 1.165) is 44.6 Å². The van der Waals surface area contributed by atoms with E-state index in [0.29, 0.717) is 6.04 Å². The van der Waals surface area contributed by atoms with Gasteiger partial charge in [-0.25, -0.2) is 0 Å². The smallest absolute Gasteiger partial charge is 0.317 e. The van der Waals surface area contributed by atoms with Crippen LogP contribution in [0.2, 0.25) is 0 Å². The molecule has 0 aliphatic carbocycles. The Hall–Kier alpha value is -2.11. The van der Waals surface area contributed by atoms with Gasteiger partial charge < -0.3 is 9.84 Å². The number of rotatable bonds is 6. The van der Waals surface area contributed by atoms with Crippen LogP contribution in [0.5, 0.6) is 5.75 Å². The van der Waals surface area contributed by atoms with Crippen LogP contribution in [0.25, 0.3) is 10.8 Å². The highest BCUT2D eigenvalue weighted by Crippen LogP contribution is 2.28. The molecule has 140 valence electrons. The van der Waals surface area contributed by atoms with Crippen molar-refractivity contribution in [1.82, 2.24) is 9.80 Å². The Bertz CT molecular complexity index is 762. The first-order chi connectivity index (χ1) is 12.6. The minimum absolute atomic E-state index is 0.114. The SMILES string of the molecule is COc1cc2ccccc2cc1CN1CCCC(N(C)CC(=O)O)CC1. The third-order valence-corrected chi connectivity index (χ3v) is 5.34. The van der Waals surface area contributed by atoms with E-state index in [2.05, 4.69) is 35.2 Å². The lowest BCUT2D eigenvalue weighted by atomic mass is 10.1. The number of likely N-dealkylation sites (tertiary alicyclic amines) is 1. The molecule has 0 aromatic heterocycles. The fourth-order valence-corrected chi connectivity index (χ4v) is 3.90. The van der Waals surface area contributed by atoms with Crippen molar-refractivity contribution in [2.24, 2.45) is 0 Å². The van der Waals surface area contributed by atoms with Crippen molar-refractivity contribution in [1.29, 1.82) is 0 Å². The largest absolute Gasteiger partial charge is 0.496 e. The van der Waals surface area contributed by atoms with Crippen molar-refractivity contribution in [2.45, 2.75) is 31.8 Å². The number of carboxylic acid groups (broad SMARTS) is 1. The van der Waals surface area contributed by atoms with Crippen molar-refractivity contribution in [2.75, 3.05) is 33.8 Å². The predicted octanol–water partition coefficient (Wildman–Crippen LogP) is 3.22. The first-order valence-corrected chi connectivity index (χ1v) is 9.27. The van der Waals surface area contributed by atoms with E-state index in [9.17, 15) is 4.79 Å². The number of benzene rings is 2. The fourth-order valence-electron chi connectivity index (χ4n) is 3.90. The molecule has 0 spiro atoms. The second-order valence-electron chi connectivity index (χ2n) is 7.18. The van der Waals surface area contributed by atoms with Gasteiger partial charge in [0.25, 0.3) is 0 Å². The van der Waals surface area contributed by atoms with Gasteiger partial charge >= 0.3 is 5.97 Å². The lowest BCUT2D eigenvalue weighted by Crippen LogP contribution is -2.36. The van der Waals surface area contributed by atoms with Gasteiger partial charge in [0.1, 0.15) is 5.75 Å². The first kappa shape index (κ1) is 18.7. The first-order valence-electron chi connectivity index (χ1n) is 9.27. The molecule has 1 fully saturated rings. The lowest BCUT2D eigenvalue weighted by molar-refractivity contribution is -0.138. The van der Waals surface area contributed by atoms with Crippen LogP contribution in [0.4, 0.5) is 0 Å². The summed E-state index contributed by atoms with van der Waals surface area (Å²) in [6, 6.07) is 13.0. The molecule has 1 N–H and O–H groups in total. The second-order valence-corrected chi connectivity index (χ2v) is 7.18. The zero-order valence-corrected chi connectivity index (χ0v) is 15.6. The van der Waals surface area contributed by atoms with Crippen LogP contribution >= 0.6 is 0 Å². The van der Waals surface area contributed by atoms with Gasteiger partial charge in [-0.15, -0.1) is 0 Å². The van der Waals surface area contributed by atoms with Crippen molar-refractivity contribution < 1.29 is 14.6 Å². The van der Waals surface area contributed by atoms with Gasteiger partial charge in [-0.3, -0.25) is 14.6 Å². The Balaban J connectivity index is 1.69. The molecule has 2 aromatic carbocycles. The molecule has 1 aliphatic rings. The summed E-state index contributed by atoms with van der Waals surface area (Å²) in [4.78, 5) is 15.4. The van der Waals surface area contributed by atoms with Crippen LogP contribution in [-0.2, 0) is 11.3 Å². The molecule has 1 unspecified atom stereocenters. The molecule has 2 aromatic rings. The molecule has 0 radical (unpaired) electrons. The Morgan fingerprint density at radius 1 is 1.23 bits per heavy atom. The van der Waals surface area contributed by atoms with Crippen LogP contribution in [0.15, 0.2) is 36.4 Å². The number of nitrogens with zero attached hydrogens (tertiary/aromatic N) is 2. The maximum Gasteiger partial charge on any atom is 0.317 e. The zero-order chi connectivity index (χ0) is 18.5. The number of carbonyl (C=O) groups is 1. The molecule has 0 saturated carbocycles. The van der Waals surface area contributed by atoms with Gasteiger partial charge in [0.2, 0.25) is 0 Å². The highest BCUT2D eigenvalue weighted by molar-refractivity contribution is 5.85. The van der Waals surface area contributed by atoms with E-state index >= 15 is 0 Å². The summed E-state index contributed by atoms with van der Waals surface area (Å²) < 4.78 is 5.63. The second kappa shape index (κ2) is 8.52. The molecule has 1 heterocycles. The van der Waals surface area contributed by atoms with Crippen LogP contribution in [-0.4, -0.2) is 60.7 Å². The monoisotopic (exact) mass is 356 g/mol. The molecule has 0 bridgehead atoms. The highest BCUT2D eigenvalue weighted by Gasteiger charge is 2.22. The summed E-state index contributed by atoms with van der Waals surface area (Å²) in [5.74, 6) is 0.182. The number of methoxy groups -OCH3 is 1. The fraction of sp³-hybridized carbons (Fsp3) is 0.476. The van der Waals surface area contributed by atoms with Gasteiger partial charge in [0.15, 0.2) is 0 Å². The minimum atomic E-state index is -0.755. The lowest BCUT2D eigenvalue weighted by Gasteiger charge is -2.26. The Kier molecular flexibility index (Phi) is 6.12. The van der Waals surface area contributed by atoms with Crippen LogP contribution < -0.4 is 4.74 Å². The van der Waals surface area contributed by atoms with Gasteiger partial charge in [-0.05, 0) is 62.3 Å². The Labute approximate surface area is 155 Å². The molecular weight excluding hydrogens is 328 g/mol. The quantitative estimate of drug-likeness (QED) is 0.861. The topological polar surface area (TPSA) is 53.0 Å². The van der Waals surface area contributed by atoms with Gasteiger partial charge in [0, 0.05) is 18.2 Å². The Morgan fingerprint density at radius 2 is 1.96 bits per heavy atom. The zero-order valence-electron chi connectivity index (χ0n) is 15.6. The molecule has 1 atom stereocenters. The maximum atomic E-state index is 11.0. The summed E-state index contributed by atoms with van der Waals surface area (Å²) in [6.45, 7) is 2.99. The summed E-state index contributed by atoms with van der Waals surface area (Å²) in [5.41, 5.74) is 1.21. The summed E-state index contributed by atoms with van der Waals surface area (Å²) in [6.07, 6.45) is 3.14. The van der Waals surface area contributed by atoms with Crippen LogP contribution in [0.1, 0.15) is 24.8 Å². The normalized spacial score (nSPS) is 18.8. The number of hydrogen-bond donors (Lipinski definition) is 1. The van der Waals surface area contributed by atoms with Crippen molar-refractivity contribution in [3.05, 3.63) is 42.0 Å². The van der Waals surface area contributed by atoms with Gasteiger partial charge in [-0.2, -0.15) is 0 Å². The molecule has 26 heavy (non-hydrogen) atoms. The maximum absolute atomic E-state index is 11.0. The van der Waals surface area contributed by atoms with Crippen molar-refractivity contribution in [3.8, 4) is 5.75 Å². The summed E-state index contributed by atoms with van der Waals surface area (Å²) >= 11 is 0.